The van der Waals surface area contributed by atoms with Crippen molar-refractivity contribution in [3.05, 3.63) is 205 Å². The molecule has 0 unspecified atom stereocenters. The van der Waals surface area contributed by atoms with Gasteiger partial charge >= 0.3 is 0 Å². The van der Waals surface area contributed by atoms with E-state index in [1.807, 2.05) is 36.4 Å². The molecule has 0 saturated heterocycles. The Morgan fingerprint density at radius 3 is 1.00 bits per heavy atom. The maximum absolute atomic E-state index is 6.86. The van der Waals surface area contributed by atoms with Gasteiger partial charge in [0.2, 0.25) is 0 Å². The second-order valence-electron chi connectivity index (χ2n) is 22.1. The Bertz CT molecular complexity index is 4530. The van der Waals surface area contributed by atoms with Crippen LogP contribution in [0.3, 0.4) is 0 Å². The number of rotatable bonds is 6. The Hall–Kier alpha value is -9.20. The van der Waals surface area contributed by atoms with Gasteiger partial charge in [-0.3, -0.25) is 0 Å². The lowest BCUT2D eigenvalue weighted by Gasteiger charge is -2.28. The fraction of sp³-hybridized carbons (Fsp3) is 0.118. The van der Waals surface area contributed by atoms with E-state index in [-0.39, 0.29) is 10.8 Å². The predicted octanol–water partition coefficient (Wildman–Crippen LogP) is 20.7. The van der Waals surface area contributed by atoms with Gasteiger partial charge in [-0.15, -0.1) is 0 Å². The molecule has 0 atom stereocenters. The zero-order valence-electron chi connectivity index (χ0n) is 42.4. The number of hydrogen-bond donors (Lipinski definition) is 0. The molecule has 15 rings (SSSR count). The first kappa shape index (κ1) is 43.4. The molecule has 0 saturated carbocycles. The van der Waals surface area contributed by atoms with Crippen LogP contribution in [0.5, 0.6) is 0 Å². The lowest BCUT2D eigenvalue weighted by molar-refractivity contribution is 0.590. The third-order valence-corrected chi connectivity index (χ3v) is 15.3. The van der Waals surface area contributed by atoms with E-state index in [0.29, 0.717) is 0 Å². The molecule has 5 aromatic heterocycles. The number of hydrogen-bond acceptors (Lipinski definition) is 7. The molecule has 362 valence electrons. The highest BCUT2D eigenvalue weighted by Gasteiger charge is 2.26. The molecule has 0 amide bonds. The van der Waals surface area contributed by atoms with Crippen LogP contribution >= 0.6 is 0 Å². The minimum Gasteiger partial charge on any atom is -0.456 e. The molecule has 0 fully saturated rings. The van der Waals surface area contributed by atoms with Gasteiger partial charge in [0.25, 0.3) is 0 Å². The number of nitrogens with zero attached hydrogens (tertiary/aromatic N) is 2. The van der Waals surface area contributed by atoms with Crippen LogP contribution in [0.1, 0.15) is 52.7 Å². The normalized spacial score (nSPS) is 12.7. The summed E-state index contributed by atoms with van der Waals surface area (Å²) in [5, 5.41) is 10.2. The van der Waals surface area contributed by atoms with E-state index in [9.17, 15) is 0 Å². The number of anilines is 6. The highest BCUT2D eigenvalue weighted by Crippen LogP contribution is 2.48. The number of benzene rings is 10. The Labute approximate surface area is 431 Å². The topological polar surface area (TPSA) is 72.2 Å². The van der Waals surface area contributed by atoms with Crippen molar-refractivity contribution in [2.75, 3.05) is 9.80 Å². The molecule has 10 aromatic carbocycles. The fourth-order valence-electron chi connectivity index (χ4n) is 11.5. The summed E-state index contributed by atoms with van der Waals surface area (Å²) in [6.07, 6.45) is 0. The van der Waals surface area contributed by atoms with E-state index in [0.717, 1.165) is 144 Å². The predicted molar refractivity (Wildman–Crippen MR) is 310 cm³/mol. The van der Waals surface area contributed by atoms with Crippen LogP contribution in [-0.2, 0) is 10.8 Å². The number of para-hydroxylation sites is 2. The highest BCUT2D eigenvalue weighted by molar-refractivity contribution is 6.20. The van der Waals surface area contributed by atoms with E-state index in [1.54, 1.807) is 0 Å². The first-order chi connectivity index (χ1) is 36.4. The largest absolute Gasteiger partial charge is 0.456 e. The second kappa shape index (κ2) is 15.7. The molecule has 0 bridgehead atoms. The molecule has 0 aliphatic rings. The Balaban J connectivity index is 0.856. The van der Waals surface area contributed by atoms with Crippen molar-refractivity contribution >= 4 is 144 Å². The third kappa shape index (κ3) is 6.73. The van der Waals surface area contributed by atoms with E-state index < -0.39 is 0 Å². The van der Waals surface area contributed by atoms with Gasteiger partial charge in [-0.1, -0.05) is 114 Å². The van der Waals surface area contributed by atoms with Crippen LogP contribution in [0.2, 0.25) is 0 Å². The number of furan rings is 5. The van der Waals surface area contributed by atoms with Gasteiger partial charge in [-0.25, -0.2) is 0 Å². The molecule has 0 aliphatic carbocycles. The van der Waals surface area contributed by atoms with Crippen LogP contribution in [0.15, 0.2) is 216 Å². The third-order valence-electron chi connectivity index (χ3n) is 15.3. The summed E-state index contributed by atoms with van der Waals surface area (Å²) in [5.74, 6) is 0. The van der Waals surface area contributed by atoms with Gasteiger partial charge in [0, 0.05) is 78.0 Å². The van der Waals surface area contributed by atoms with Crippen LogP contribution < -0.4 is 9.80 Å². The van der Waals surface area contributed by atoms with Gasteiger partial charge in [-0.05, 0) is 131 Å². The molecule has 0 spiro atoms. The zero-order valence-corrected chi connectivity index (χ0v) is 42.4. The summed E-state index contributed by atoms with van der Waals surface area (Å²) in [7, 11) is 0. The molecule has 5 heterocycles. The van der Waals surface area contributed by atoms with Crippen molar-refractivity contribution in [2.45, 2.75) is 52.4 Å². The first-order valence-electron chi connectivity index (χ1n) is 25.7. The number of fused-ring (bicyclic) bond motifs is 15. The van der Waals surface area contributed by atoms with Gasteiger partial charge in [-0.2, -0.15) is 0 Å². The summed E-state index contributed by atoms with van der Waals surface area (Å²) in [6, 6.07) is 68.4. The lowest BCUT2D eigenvalue weighted by atomic mass is 9.87. The van der Waals surface area contributed by atoms with Gasteiger partial charge in [0.15, 0.2) is 0 Å². The average Bonchev–Trinajstić information content (AvgIpc) is 4.23. The van der Waals surface area contributed by atoms with Crippen LogP contribution in [0.4, 0.5) is 34.1 Å². The SMILES string of the molecule is CC(C)(C)c1cccc(N(c2ccc3c(c2)oc2cc4c(cc23)oc2cc3c(cc24)oc2cc(N(c4cccc(C(C)(C)C)c4)c4cccc5oc6ccccc6c45)ccc23)c2cccc3oc4ccccc4c23)c1. The highest BCUT2D eigenvalue weighted by atomic mass is 16.3. The van der Waals surface area contributed by atoms with E-state index in [4.69, 9.17) is 22.1 Å². The van der Waals surface area contributed by atoms with E-state index >= 15 is 0 Å². The molecule has 0 radical (unpaired) electrons. The molecule has 0 N–H and O–H groups in total. The lowest BCUT2D eigenvalue weighted by Crippen LogP contribution is -2.14. The Morgan fingerprint density at radius 1 is 0.253 bits per heavy atom. The minimum atomic E-state index is -0.0471. The average molecular weight is 975 g/mol. The van der Waals surface area contributed by atoms with Gasteiger partial charge < -0.3 is 31.9 Å². The smallest absolute Gasteiger partial charge is 0.137 e. The van der Waals surface area contributed by atoms with E-state index in [2.05, 4.69) is 209 Å². The monoisotopic (exact) mass is 974 g/mol. The van der Waals surface area contributed by atoms with Crippen molar-refractivity contribution < 1.29 is 22.1 Å². The Morgan fingerprint density at radius 2 is 0.587 bits per heavy atom. The van der Waals surface area contributed by atoms with Crippen molar-refractivity contribution in [2.24, 2.45) is 0 Å². The quantitative estimate of drug-likeness (QED) is 0.164. The molecular formula is C68H50N2O5. The molecule has 7 nitrogen and oxygen atoms in total. The van der Waals surface area contributed by atoms with Crippen molar-refractivity contribution in [1.82, 2.24) is 0 Å². The van der Waals surface area contributed by atoms with E-state index in [1.165, 1.54) is 11.1 Å². The van der Waals surface area contributed by atoms with Crippen LogP contribution in [0.25, 0.3) is 110 Å². The summed E-state index contributed by atoms with van der Waals surface area (Å²) < 4.78 is 33.3. The van der Waals surface area contributed by atoms with Crippen molar-refractivity contribution in [3.63, 3.8) is 0 Å². The summed E-state index contributed by atoms with van der Waals surface area (Å²) >= 11 is 0. The molecule has 0 aliphatic heterocycles. The van der Waals surface area contributed by atoms with Crippen molar-refractivity contribution in [3.8, 4) is 0 Å². The maximum Gasteiger partial charge on any atom is 0.137 e. The summed E-state index contributed by atoms with van der Waals surface area (Å²) in [4.78, 5) is 4.66. The second-order valence-corrected chi connectivity index (χ2v) is 22.1. The molecule has 7 heteroatoms. The molecular weight excluding hydrogens is 925 g/mol. The molecule has 15 aromatic rings. The van der Waals surface area contributed by atoms with Gasteiger partial charge in [0.1, 0.15) is 55.8 Å². The zero-order chi connectivity index (χ0) is 50.5. The minimum absolute atomic E-state index is 0.0471. The summed E-state index contributed by atoms with van der Waals surface area (Å²) in [5.41, 5.74) is 16.6. The first-order valence-corrected chi connectivity index (χ1v) is 25.7. The standard InChI is InChI=1S/C68H50N2O5/c1-67(2,3)39-15-11-17-41(31-39)69(53-21-13-25-57-65(53)47-19-7-9-23-55(47)71-57)43-27-29-45-49-35-63-51(37-61(49)73-59(45)33-43)52-38-62-50(36-64(52)75-63)46-30-28-44(34-60(46)74-62)70(42-18-12-16-40(32-42)68(4,5)6)54-22-14-26-58-66(54)48-20-8-10-24-56(48)72-58/h7-38H,1-6H3. The van der Waals surface area contributed by atoms with Crippen molar-refractivity contribution in [1.29, 1.82) is 0 Å². The molecule has 75 heavy (non-hydrogen) atoms. The fourth-order valence-corrected chi connectivity index (χ4v) is 11.5. The van der Waals surface area contributed by atoms with Crippen LogP contribution in [0, 0.1) is 0 Å². The Kier molecular flexibility index (Phi) is 9.06. The van der Waals surface area contributed by atoms with Crippen LogP contribution in [-0.4, -0.2) is 0 Å². The van der Waals surface area contributed by atoms with Gasteiger partial charge in [0.05, 0.1) is 22.1 Å². The summed E-state index contributed by atoms with van der Waals surface area (Å²) in [6.45, 7) is 13.5. The maximum atomic E-state index is 6.86.